The number of aromatic amines is 2. The van der Waals surface area contributed by atoms with E-state index in [1.54, 1.807) is 26.4 Å². The molecule has 9 nitrogen and oxygen atoms in total. The van der Waals surface area contributed by atoms with Gasteiger partial charge in [-0.3, -0.25) is 24.9 Å². The molecule has 0 bridgehead atoms. The van der Waals surface area contributed by atoms with Gasteiger partial charge in [0, 0.05) is 18.0 Å². The maximum absolute atomic E-state index is 11.8. The van der Waals surface area contributed by atoms with Crippen molar-refractivity contribution in [3.8, 4) is 27.8 Å². The van der Waals surface area contributed by atoms with E-state index in [1.807, 2.05) is 49.5 Å². The molecular formula is C26H21N7O2S. The zero-order valence-electron chi connectivity index (χ0n) is 19.7. The highest BCUT2D eigenvalue weighted by atomic mass is 32.1. The predicted molar refractivity (Wildman–Crippen MR) is 138 cm³/mol. The highest BCUT2D eigenvalue weighted by Gasteiger charge is 2.19. The van der Waals surface area contributed by atoms with Crippen LogP contribution in [0.1, 0.15) is 29.1 Å². The molecule has 1 atom stereocenters. The molecule has 2 N–H and O–H groups in total. The Morgan fingerprint density at radius 3 is 2.83 bits per heavy atom. The van der Waals surface area contributed by atoms with E-state index in [2.05, 4.69) is 25.1 Å². The monoisotopic (exact) mass is 495 g/mol. The Bertz CT molecular complexity index is 1790. The van der Waals surface area contributed by atoms with Crippen LogP contribution >= 0.6 is 11.3 Å². The maximum atomic E-state index is 11.8. The van der Waals surface area contributed by atoms with Crippen molar-refractivity contribution in [3.05, 3.63) is 70.1 Å². The lowest BCUT2D eigenvalue weighted by Gasteiger charge is -2.11. The van der Waals surface area contributed by atoms with Crippen LogP contribution in [0.25, 0.3) is 44.8 Å². The number of methoxy groups -OCH3 is 1. The smallest absolute Gasteiger partial charge is 0.169 e. The number of allylic oxidation sites excluding steroid dienone is 1. The van der Waals surface area contributed by atoms with Crippen molar-refractivity contribution in [1.82, 2.24) is 30.1 Å². The van der Waals surface area contributed by atoms with Crippen LogP contribution in [0.4, 0.5) is 0 Å². The van der Waals surface area contributed by atoms with Crippen molar-refractivity contribution in [2.45, 2.75) is 19.9 Å². The molecule has 0 aliphatic carbocycles. The number of imidazole rings is 1. The molecule has 0 saturated carbocycles. The zero-order chi connectivity index (χ0) is 24.8. The fourth-order valence-electron chi connectivity index (χ4n) is 4.25. The normalized spacial score (nSPS) is 15.0. The van der Waals surface area contributed by atoms with Gasteiger partial charge in [-0.2, -0.15) is 5.10 Å². The highest BCUT2D eigenvalue weighted by molar-refractivity contribution is 7.17. The first-order valence-electron chi connectivity index (χ1n) is 11.3. The maximum Gasteiger partial charge on any atom is 0.169 e. The van der Waals surface area contributed by atoms with Gasteiger partial charge >= 0.3 is 0 Å². The van der Waals surface area contributed by atoms with Crippen LogP contribution in [-0.4, -0.2) is 49.1 Å². The van der Waals surface area contributed by atoms with Gasteiger partial charge in [-0.1, -0.05) is 6.08 Å². The molecule has 6 heterocycles. The average molecular weight is 496 g/mol. The van der Waals surface area contributed by atoms with Gasteiger partial charge in [0.1, 0.15) is 22.3 Å². The number of nitrogens with one attached hydrogen (secondary N) is 2. The second-order valence-electron chi connectivity index (χ2n) is 8.40. The van der Waals surface area contributed by atoms with Gasteiger partial charge in [-0.25, -0.2) is 4.98 Å². The van der Waals surface area contributed by atoms with Gasteiger partial charge in [0.2, 0.25) is 0 Å². The molecule has 5 aromatic heterocycles. The molecule has 0 saturated heterocycles. The lowest BCUT2D eigenvalue weighted by Crippen LogP contribution is -2.25. The molecule has 178 valence electrons. The molecule has 0 fully saturated rings. The molecule has 0 spiro atoms. The summed E-state index contributed by atoms with van der Waals surface area (Å²) in [4.78, 5) is 35.4. The Morgan fingerprint density at radius 2 is 2.03 bits per heavy atom. The van der Waals surface area contributed by atoms with Crippen LogP contribution in [0.5, 0.6) is 5.75 Å². The topological polar surface area (TPSA) is 122 Å². The number of thiophene rings is 1. The quantitative estimate of drug-likeness (QED) is 0.360. The second-order valence-corrected chi connectivity index (χ2v) is 9.49. The van der Waals surface area contributed by atoms with Crippen molar-refractivity contribution in [2.75, 3.05) is 7.11 Å². The van der Waals surface area contributed by atoms with E-state index in [0.29, 0.717) is 27.7 Å². The zero-order valence-corrected chi connectivity index (χ0v) is 20.6. The van der Waals surface area contributed by atoms with E-state index in [-0.39, 0.29) is 11.8 Å². The van der Waals surface area contributed by atoms with Crippen molar-refractivity contribution in [3.63, 3.8) is 0 Å². The Kier molecular flexibility index (Phi) is 5.30. The summed E-state index contributed by atoms with van der Waals surface area (Å²) in [6.07, 6.45) is 9.22. The molecule has 1 aliphatic heterocycles. The molecule has 6 rings (SSSR count). The standard InChI is InChI=1S/C26H21N7O2S/c1-13-17(15-10-16(35-3)12-27-11-15)4-5-19-23(29-13)25(33-32-19)26-30-18-8-9-28-24(22(18)31-26)21-7-6-20(36-21)14(2)34/h4-13,32H,1-3H3,(H,30,31)/t13-/m0/s1. The van der Waals surface area contributed by atoms with E-state index in [0.717, 1.165) is 37.9 Å². The van der Waals surface area contributed by atoms with E-state index in [1.165, 1.54) is 11.3 Å². The third-order valence-corrected chi connectivity index (χ3v) is 7.26. The summed E-state index contributed by atoms with van der Waals surface area (Å²) < 4.78 is 5.34. The lowest BCUT2D eigenvalue weighted by molar-refractivity contribution is 0.102. The first kappa shape index (κ1) is 22.1. The summed E-state index contributed by atoms with van der Waals surface area (Å²) in [5.41, 5.74) is 4.86. The minimum Gasteiger partial charge on any atom is -0.495 e. The van der Waals surface area contributed by atoms with Crippen LogP contribution in [0.3, 0.4) is 0 Å². The molecule has 0 radical (unpaired) electrons. The van der Waals surface area contributed by atoms with Gasteiger partial charge in [0.25, 0.3) is 0 Å². The number of hydrogen-bond donors (Lipinski definition) is 2. The van der Waals surface area contributed by atoms with Crippen LogP contribution in [-0.2, 0) is 0 Å². The molecule has 1 aliphatic rings. The summed E-state index contributed by atoms with van der Waals surface area (Å²) in [5.74, 6) is 1.32. The summed E-state index contributed by atoms with van der Waals surface area (Å²) in [5, 5.41) is 9.14. The van der Waals surface area contributed by atoms with E-state index in [9.17, 15) is 4.79 Å². The van der Waals surface area contributed by atoms with E-state index in [4.69, 9.17) is 14.7 Å². The number of ketones is 1. The summed E-state index contributed by atoms with van der Waals surface area (Å²) >= 11 is 1.41. The summed E-state index contributed by atoms with van der Waals surface area (Å²) in [6.45, 7) is 3.60. The number of rotatable bonds is 5. The molecule has 0 unspecified atom stereocenters. The summed E-state index contributed by atoms with van der Waals surface area (Å²) in [7, 11) is 1.62. The fraction of sp³-hybridized carbons (Fsp3) is 0.154. The lowest BCUT2D eigenvalue weighted by atomic mass is 10.0. The van der Waals surface area contributed by atoms with Crippen LogP contribution in [0.2, 0.25) is 0 Å². The number of fused-ring (bicyclic) bond motifs is 2. The SMILES string of the molecule is COc1cncc(C2=CC=c3[nH]nc(-c4nc5c(-c6ccc(C(C)=O)s6)nccc5[nH]4)c3=N[C@H]2C)c1. The van der Waals surface area contributed by atoms with Crippen molar-refractivity contribution in [1.29, 1.82) is 0 Å². The average Bonchev–Trinajstić information content (AvgIpc) is 3.61. The molecule has 0 amide bonds. The Balaban J connectivity index is 1.43. The predicted octanol–water partition coefficient (Wildman–Crippen LogP) is 3.57. The number of hydrogen-bond acceptors (Lipinski definition) is 8. The van der Waals surface area contributed by atoms with Crippen LogP contribution in [0, 0.1) is 0 Å². The first-order valence-corrected chi connectivity index (χ1v) is 12.1. The number of nitrogens with zero attached hydrogens (tertiary/aromatic N) is 5. The minimum absolute atomic E-state index is 0.0324. The number of pyridine rings is 2. The van der Waals surface area contributed by atoms with Crippen molar-refractivity contribution >= 4 is 39.8 Å². The van der Waals surface area contributed by atoms with Gasteiger partial charge in [0.05, 0.1) is 40.0 Å². The number of H-pyrrole nitrogens is 2. The molecule has 36 heavy (non-hydrogen) atoms. The van der Waals surface area contributed by atoms with Gasteiger partial charge in [0.15, 0.2) is 17.3 Å². The van der Waals surface area contributed by atoms with Crippen molar-refractivity contribution < 1.29 is 9.53 Å². The van der Waals surface area contributed by atoms with E-state index < -0.39 is 0 Å². The number of carbonyl (C=O) groups is 1. The molecule has 5 aromatic rings. The van der Waals surface area contributed by atoms with Gasteiger partial charge in [-0.15, -0.1) is 11.3 Å². The number of carbonyl (C=O) groups excluding carboxylic acids is 1. The number of ether oxygens (including phenoxy) is 1. The Morgan fingerprint density at radius 1 is 1.14 bits per heavy atom. The minimum atomic E-state index is -0.148. The largest absolute Gasteiger partial charge is 0.495 e. The molecule has 10 heteroatoms. The second kappa shape index (κ2) is 8.65. The third kappa shape index (κ3) is 3.72. The van der Waals surface area contributed by atoms with Crippen LogP contribution in [0.15, 0.2) is 53.9 Å². The number of Topliss-reactive ketones (excluding diaryl/α,β-unsaturated/α-hetero) is 1. The molecule has 0 aromatic carbocycles. The number of aromatic nitrogens is 6. The van der Waals surface area contributed by atoms with Crippen molar-refractivity contribution in [2.24, 2.45) is 4.99 Å². The third-order valence-electron chi connectivity index (χ3n) is 6.06. The van der Waals surface area contributed by atoms with E-state index >= 15 is 0 Å². The van der Waals surface area contributed by atoms with Gasteiger partial charge in [-0.05, 0) is 49.8 Å². The Hall–Kier alpha value is -4.44. The Labute approximate surface area is 209 Å². The molecular weight excluding hydrogens is 474 g/mol. The highest BCUT2D eigenvalue weighted by Crippen LogP contribution is 2.32. The summed E-state index contributed by atoms with van der Waals surface area (Å²) in [6, 6.07) is 7.41. The van der Waals surface area contributed by atoms with Crippen LogP contribution < -0.4 is 15.4 Å². The fourth-order valence-corrected chi connectivity index (χ4v) is 5.14. The van der Waals surface area contributed by atoms with Gasteiger partial charge < -0.3 is 9.72 Å². The first-order chi connectivity index (χ1) is 17.5.